The molecular formula is C17H16N6O3. The van der Waals surface area contributed by atoms with Gasteiger partial charge in [-0.1, -0.05) is 17.3 Å². The Hall–Kier alpha value is -3.49. The van der Waals surface area contributed by atoms with Crippen molar-refractivity contribution >= 4 is 18.1 Å². The van der Waals surface area contributed by atoms with E-state index in [0.717, 1.165) is 17.5 Å². The molecule has 0 saturated carbocycles. The van der Waals surface area contributed by atoms with Crippen molar-refractivity contribution in [3.8, 4) is 11.3 Å². The van der Waals surface area contributed by atoms with E-state index in [9.17, 15) is 9.59 Å². The van der Waals surface area contributed by atoms with Crippen molar-refractivity contribution < 1.29 is 14.3 Å². The molecule has 0 spiro atoms. The third-order valence-corrected chi connectivity index (χ3v) is 4.25. The van der Waals surface area contributed by atoms with E-state index in [-0.39, 0.29) is 12.2 Å². The quantitative estimate of drug-likeness (QED) is 0.646. The van der Waals surface area contributed by atoms with Gasteiger partial charge in [0, 0.05) is 24.5 Å². The summed E-state index contributed by atoms with van der Waals surface area (Å²) >= 11 is 0. The van der Waals surface area contributed by atoms with Gasteiger partial charge in [0.2, 0.25) is 0 Å². The van der Waals surface area contributed by atoms with Gasteiger partial charge < -0.3 is 4.74 Å². The average Bonchev–Trinajstić information content (AvgIpc) is 3.36. The summed E-state index contributed by atoms with van der Waals surface area (Å²) in [7, 11) is 1.72. The van der Waals surface area contributed by atoms with Crippen LogP contribution in [0.25, 0.3) is 11.3 Å². The number of anilines is 1. The van der Waals surface area contributed by atoms with Gasteiger partial charge in [-0.25, -0.2) is 9.48 Å². The third-order valence-electron chi connectivity index (χ3n) is 4.25. The number of aldehydes is 1. The predicted octanol–water partition coefficient (Wildman–Crippen LogP) is 1.52. The molecule has 1 atom stereocenters. The van der Waals surface area contributed by atoms with Crippen molar-refractivity contribution in [3.63, 3.8) is 0 Å². The highest BCUT2D eigenvalue weighted by atomic mass is 16.6. The highest BCUT2D eigenvalue weighted by Gasteiger charge is 2.32. The van der Waals surface area contributed by atoms with Crippen molar-refractivity contribution in [1.82, 2.24) is 24.8 Å². The Morgan fingerprint density at radius 3 is 2.77 bits per heavy atom. The van der Waals surface area contributed by atoms with Crippen LogP contribution in [0.2, 0.25) is 0 Å². The fourth-order valence-corrected chi connectivity index (χ4v) is 2.91. The number of aryl methyl sites for hydroxylation is 1. The van der Waals surface area contributed by atoms with E-state index in [1.165, 1.54) is 4.68 Å². The fourth-order valence-electron chi connectivity index (χ4n) is 2.91. The van der Waals surface area contributed by atoms with Gasteiger partial charge in [0.25, 0.3) is 0 Å². The number of cyclic esters (lactones) is 1. The minimum atomic E-state index is -0.385. The predicted molar refractivity (Wildman–Crippen MR) is 91.7 cm³/mol. The molecule has 3 heterocycles. The Labute approximate surface area is 148 Å². The molecule has 9 heteroatoms. The lowest BCUT2D eigenvalue weighted by molar-refractivity contribution is 0.111. The maximum atomic E-state index is 12.2. The molecule has 0 radical (unpaired) electrons. The van der Waals surface area contributed by atoms with E-state index in [0.29, 0.717) is 24.5 Å². The second kappa shape index (κ2) is 6.43. The summed E-state index contributed by atoms with van der Waals surface area (Å²) in [4.78, 5) is 24.7. The van der Waals surface area contributed by atoms with Gasteiger partial charge >= 0.3 is 6.09 Å². The number of hydrogen-bond donors (Lipinski definition) is 0. The van der Waals surface area contributed by atoms with Crippen LogP contribution in [-0.2, 0) is 18.3 Å². The van der Waals surface area contributed by atoms with E-state index in [1.54, 1.807) is 35.1 Å². The third kappa shape index (κ3) is 2.94. The van der Waals surface area contributed by atoms with E-state index < -0.39 is 0 Å². The molecule has 0 N–H and O–H groups in total. The molecule has 3 aromatic rings. The number of rotatable bonds is 5. The summed E-state index contributed by atoms with van der Waals surface area (Å²) in [6.45, 7) is 0.902. The topological polar surface area (TPSA) is 95.1 Å². The highest BCUT2D eigenvalue weighted by Crippen LogP contribution is 2.26. The molecule has 1 aromatic carbocycles. The van der Waals surface area contributed by atoms with Gasteiger partial charge in [-0.05, 0) is 18.2 Å². The SMILES string of the molecule is Cn1nc(-c2ccc(N3CC(Cn4ccnn4)OC3=O)cc2)cc1C=O. The van der Waals surface area contributed by atoms with Gasteiger partial charge in [-0.3, -0.25) is 14.4 Å². The van der Waals surface area contributed by atoms with Crippen molar-refractivity contribution in [2.45, 2.75) is 12.6 Å². The Morgan fingerprint density at radius 2 is 2.12 bits per heavy atom. The summed E-state index contributed by atoms with van der Waals surface area (Å²) in [6.07, 6.45) is 3.41. The van der Waals surface area contributed by atoms with Gasteiger partial charge in [0.1, 0.15) is 11.8 Å². The number of aromatic nitrogens is 5. The minimum Gasteiger partial charge on any atom is -0.442 e. The van der Waals surface area contributed by atoms with E-state index >= 15 is 0 Å². The minimum absolute atomic E-state index is 0.283. The number of carbonyl (C=O) groups is 2. The Bertz CT molecular complexity index is 932. The van der Waals surface area contributed by atoms with Crippen molar-refractivity contribution in [3.05, 3.63) is 48.4 Å². The summed E-state index contributed by atoms with van der Waals surface area (Å²) < 4.78 is 8.56. The molecule has 132 valence electrons. The molecular weight excluding hydrogens is 336 g/mol. The van der Waals surface area contributed by atoms with E-state index in [2.05, 4.69) is 15.4 Å². The second-order valence-electron chi connectivity index (χ2n) is 5.98. The summed E-state index contributed by atoms with van der Waals surface area (Å²) in [5, 5.41) is 11.9. The maximum Gasteiger partial charge on any atom is 0.414 e. The van der Waals surface area contributed by atoms with E-state index in [1.807, 2.05) is 24.3 Å². The van der Waals surface area contributed by atoms with Crippen LogP contribution in [0.5, 0.6) is 0 Å². The number of carbonyl (C=O) groups excluding carboxylic acids is 2. The van der Waals surface area contributed by atoms with Crippen LogP contribution in [0.1, 0.15) is 10.5 Å². The van der Waals surface area contributed by atoms with Crippen LogP contribution in [0.3, 0.4) is 0 Å². The van der Waals surface area contributed by atoms with Crippen LogP contribution in [0.15, 0.2) is 42.7 Å². The second-order valence-corrected chi connectivity index (χ2v) is 5.98. The van der Waals surface area contributed by atoms with Gasteiger partial charge in [0.15, 0.2) is 6.29 Å². The van der Waals surface area contributed by atoms with Gasteiger partial charge in [-0.15, -0.1) is 5.10 Å². The molecule has 1 fully saturated rings. The number of hydrogen-bond acceptors (Lipinski definition) is 6. The number of nitrogens with zero attached hydrogens (tertiary/aromatic N) is 6. The first-order chi connectivity index (χ1) is 12.6. The Balaban J connectivity index is 1.49. The molecule has 26 heavy (non-hydrogen) atoms. The lowest BCUT2D eigenvalue weighted by Crippen LogP contribution is -2.26. The zero-order chi connectivity index (χ0) is 18.1. The monoisotopic (exact) mass is 352 g/mol. The summed E-state index contributed by atoms with van der Waals surface area (Å²) in [5.41, 5.74) is 2.81. The number of ether oxygens (including phenoxy) is 1. The molecule has 1 aliphatic heterocycles. The van der Waals surface area contributed by atoms with Crippen molar-refractivity contribution in [2.24, 2.45) is 7.05 Å². The first kappa shape index (κ1) is 16.0. The van der Waals surface area contributed by atoms with Crippen molar-refractivity contribution in [2.75, 3.05) is 11.4 Å². The fraction of sp³-hybridized carbons (Fsp3) is 0.235. The first-order valence-corrected chi connectivity index (χ1v) is 8.06. The van der Waals surface area contributed by atoms with Crippen LogP contribution in [0, 0.1) is 0 Å². The van der Waals surface area contributed by atoms with Crippen LogP contribution in [0.4, 0.5) is 10.5 Å². The zero-order valence-corrected chi connectivity index (χ0v) is 14.0. The lowest BCUT2D eigenvalue weighted by atomic mass is 10.1. The number of amides is 1. The largest absolute Gasteiger partial charge is 0.442 e. The van der Waals surface area contributed by atoms with Gasteiger partial charge in [-0.2, -0.15) is 5.10 Å². The molecule has 0 aliphatic carbocycles. The maximum absolute atomic E-state index is 12.2. The molecule has 4 rings (SSSR count). The number of benzene rings is 1. The lowest BCUT2D eigenvalue weighted by Gasteiger charge is -2.13. The van der Waals surface area contributed by atoms with Crippen molar-refractivity contribution in [1.29, 1.82) is 0 Å². The van der Waals surface area contributed by atoms with Gasteiger partial charge in [0.05, 0.1) is 25.0 Å². The highest BCUT2D eigenvalue weighted by molar-refractivity contribution is 5.90. The summed E-state index contributed by atoms with van der Waals surface area (Å²) in [5.74, 6) is 0. The molecule has 1 amide bonds. The Kier molecular flexibility index (Phi) is 3.96. The molecule has 1 aliphatic rings. The van der Waals surface area contributed by atoms with Crippen LogP contribution in [-0.4, -0.2) is 49.8 Å². The van der Waals surface area contributed by atoms with Crippen LogP contribution >= 0.6 is 0 Å². The smallest absolute Gasteiger partial charge is 0.414 e. The van der Waals surface area contributed by atoms with E-state index in [4.69, 9.17) is 4.74 Å². The standard InChI is InChI=1S/C17H16N6O3/c1-21-14(11-24)8-16(19-21)12-2-4-13(5-3-12)23-10-15(26-17(23)25)9-22-7-6-18-20-22/h2-8,11,15H,9-10H2,1H3. The molecule has 1 saturated heterocycles. The molecule has 1 unspecified atom stereocenters. The molecule has 9 nitrogen and oxygen atoms in total. The average molecular weight is 352 g/mol. The van der Waals surface area contributed by atoms with Crippen LogP contribution < -0.4 is 4.90 Å². The first-order valence-electron chi connectivity index (χ1n) is 8.06. The molecule has 0 bridgehead atoms. The zero-order valence-electron chi connectivity index (χ0n) is 14.0. The molecule has 2 aromatic heterocycles. The summed E-state index contributed by atoms with van der Waals surface area (Å²) in [6, 6.07) is 9.13. The normalized spacial score (nSPS) is 16.7. The Morgan fingerprint density at radius 1 is 1.31 bits per heavy atom.